The van der Waals surface area contributed by atoms with E-state index in [1.807, 2.05) is 0 Å². The Morgan fingerprint density at radius 2 is 1.81 bits per heavy atom. The Morgan fingerprint density at radius 3 is 2.56 bits per heavy atom. The van der Waals surface area contributed by atoms with Gasteiger partial charge in [-0.1, -0.05) is 0 Å². The Labute approximate surface area is 161 Å². The molecule has 1 amide bonds. The highest BCUT2D eigenvalue weighted by atomic mass is 32.2. The second kappa shape index (κ2) is 7.09. The van der Waals surface area contributed by atoms with E-state index < -0.39 is 10.0 Å². The first kappa shape index (κ1) is 18.7. The van der Waals surface area contributed by atoms with Gasteiger partial charge in [-0.3, -0.25) is 4.79 Å². The van der Waals surface area contributed by atoms with E-state index in [9.17, 15) is 13.2 Å². The van der Waals surface area contributed by atoms with Crippen LogP contribution < -0.4 is 10.1 Å². The zero-order valence-corrected chi connectivity index (χ0v) is 16.8. The molecule has 1 aromatic carbocycles. The Hall–Kier alpha value is -1.60. The van der Waals surface area contributed by atoms with Crippen molar-refractivity contribution in [2.75, 3.05) is 20.7 Å². The second-order valence-corrected chi connectivity index (χ2v) is 10.1. The van der Waals surface area contributed by atoms with Crippen LogP contribution in [-0.2, 0) is 27.7 Å². The summed E-state index contributed by atoms with van der Waals surface area (Å²) in [6, 6.07) is 3.46. The number of fused-ring (bicyclic) bond motifs is 2. The molecule has 2 aliphatic carbocycles. The Morgan fingerprint density at radius 1 is 1.11 bits per heavy atom. The maximum Gasteiger partial charge on any atom is 0.243 e. The Bertz CT molecular complexity index is 852. The fraction of sp³-hybridized carbons (Fsp3) is 0.650. The third kappa shape index (κ3) is 3.25. The van der Waals surface area contributed by atoms with Gasteiger partial charge in [0.1, 0.15) is 5.75 Å². The third-order valence-corrected chi connectivity index (χ3v) is 8.66. The molecule has 7 heteroatoms. The van der Waals surface area contributed by atoms with Crippen LogP contribution in [0.4, 0.5) is 0 Å². The lowest BCUT2D eigenvalue weighted by Crippen LogP contribution is -2.38. The van der Waals surface area contributed by atoms with Crippen LogP contribution in [-0.4, -0.2) is 45.4 Å². The Kier molecular flexibility index (Phi) is 4.93. The van der Waals surface area contributed by atoms with Crippen molar-refractivity contribution in [2.24, 2.45) is 11.8 Å². The number of nitrogens with one attached hydrogen (secondary N) is 1. The third-order valence-electron chi connectivity index (χ3n) is 6.67. The molecule has 0 aromatic heterocycles. The molecule has 1 saturated carbocycles. The van der Waals surface area contributed by atoms with Crippen LogP contribution in [0.1, 0.15) is 43.2 Å². The lowest BCUT2D eigenvalue weighted by molar-refractivity contribution is -0.124. The average molecular weight is 393 g/mol. The molecule has 1 heterocycles. The van der Waals surface area contributed by atoms with Gasteiger partial charge in [0, 0.05) is 26.1 Å². The van der Waals surface area contributed by atoms with Gasteiger partial charge in [0.25, 0.3) is 0 Å². The molecule has 148 valence electrons. The van der Waals surface area contributed by atoms with Crippen LogP contribution >= 0.6 is 0 Å². The zero-order valence-electron chi connectivity index (χ0n) is 16.0. The van der Waals surface area contributed by atoms with E-state index in [1.54, 1.807) is 30.6 Å². The van der Waals surface area contributed by atoms with Crippen LogP contribution in [0.2, 0.25) is 0 Å². The molecule has 1 saturated heterocycles. The molecule has 2 fully saturated rings. The predicted molar refractivity (Wildman–Crippen MR) is 102 cm³/mol. The van der Waals surface area contributed by atoms with Gasteiger partial charge < -0.3 is 10.1 Å². The van der Waals surface area contributed by atoms with Gasteiger partial charge in [0.15, 0.2) is 0 Å². The number of piperidine rings is 1. The molecule has 27 heavy (non-hydrogen) atoms. The molecular formula is C20H28N2O4S. The minimum Gasteiger partial charge on any atom is -0.496 e. The molecule has 0 bridgehead atoms. The fourth-order valence-electron chi connectivity index (χ4n) is 5.12. The van der Waals surface area contributed by atoms with Crippen molar-refractivity contribution in [1.29, 1.82) is 0 Å². The summed E-state index contributed by atoms with van der Waals surface area (Å²) in [5.74, 6) is 1.57. The van der Waals surface area contributed by atoms with E-state index in [1.165, 1.54) is 0 Å². The minimum absolute atomic E-state index is 0.0426. The van der Waals surface area contributed by atoms with Gasteiger partial charge in [-0.2, -0.15) is 4.31 Å². The number of rotatable bonds is 4. The van der Waals surface area contributed by atoms with Crippen LogP contribution in [0, 0.1) is 11.8 Å². The fourth-order valence-corrected chi connectivity index (χ4v) is 6.77. The SMILES string of the molecule is COc1ccc(S(=O)(=O)N(C)[C@H]2C[C@H]3CC(=O)NC[C@H]3C2)c2c1CCCC2. The summed E-state index contributed by atoms with van der Waals surface area (Å²) in [5.41, 5.74) is 1.98. The maximum atomic E-state index is 13.5. The number of benzene rings is 1. The summed E-state index contributed by atoms with van der Waals surface area (Å²) in [5, 5.41) is 2.92. The van der Waals surface area contributed by atoms with Crippen LogP contribution in [0.15, 0.2) is 17.0 Å². The van der Waals surface area contributed by atoms with Crippen molar-refractivity contribution >= 4 is 15.9 Å². The molecule has 0 unspecified atom stereocenters. The molecule has 6 nitrogen and oxygen atoms in total. The Balaban J connectivity index is 1.63. The van der Waals surface area contributed by atoms with Gasteiger partial charge in [-0.25, -0.2) is 8.42 Å². The van der Waals surface area contributed by atoms with E-state index in [2.05, 4.69) is 5.32 Å². The van der Waals surface area contributed by atoms with Crippen LogP contribution in [0.3, 0.4) is 0 Å². The molecule has 0 spiro atoms. The molecule has 1 N–H and O–H groups in total. The molecular weight excluding hydrogens is 364 g/mol. The normalized spacial score (nSPS) is 27.8. The van der Waals surface area contributed by atoms with E-state index >= 15 is 0 Å². The standard InChI is InChI=1S/C20H28N2O4S/c1-22(15-9-13-11-20(23)21-12-14(13)10-15)27(24,25)19-8-7-18(26-2)16-5-3-4-6-17(16)19/h7-8,13-15H,3-6,9-12H2,1-2H3,(H,21,23)/t13-,14+,15-/m0/s1. The molecule has 1 aliphatic heterocycles. The van der Waals surface area contributed by atoms with Crippen LogP contribution in [0.5, 0.6) is 5.75 Å². The highest BCUT2D eigenvalue weighted by molar-refractivity contribution is 7.89. The smallest absolute Gasteiger partial charge is 0.243 e. The highest BCUT2D eigenvalue weighted by Gasteiger charge is 2.43. The number of ether oxygens (including phenoxy) is 1. The summed E-state index contributed by atoms with van der Waals surface area (Å²) in [6.07, 6.45) is 5.83. The largest absolute Gasteiger partial charge is 0.496 e. The van der Waals surface area contributed by atoms with Crippen molar-refractivity contribution in [1.82, 2.24) is 9.62 Å². The quantitative estimate of drug-likeness (QED) is 0.852. The first-order chi connectivity index (χ1) is 12.9. The van der Waals surface area contributed by atoms with E-state index in [0.717, 1.165) is 55.4 Å². The van der Waals surface area contributed by atoms with Crippen LogP contribution in [0.25, 0.3) is 0 Å². The summed E-state index contributed by atoms with van der Waals surface area (Å²) >= 11 is 0. The summed E-state index contributed by atoms with van der Waals surface area (Å²) in [7, 11) is -0.233. The van der Waals surface area contributed by atoms with Crippen molar-refractivity contribution in [3.63, 3.8) is 0 Å². The number of hydrogen-bond acceptors (Lipinski definition) is 4. The first-order valence-electron chi connectivity index (χ1n) is 9.85. The number of methoxy groups -OCH3 is 1. The lowest BCUT2D eigenvalue weighted by atomic mass is 9.89. The average Bonchev–Trinajstić information content (AvgIpc) is 3.09. The van der Waals surface area contributed by atoms with Crippen molar-refractivity contribution in [3.8, 4) is 5.75 Å². The molecule has 0 radical (unpaired) electrons. The number of carbonyl (C=O) groups excluding carboxylic acids is 1. The zero-order chi connectivity index (χ0) is 19.2. The molecule has 3 atom stereocenters. The maximum absolute atomic E-state index is 13.5. The lowest BCUT2D eigenvalue weighted by Gasteiger charge is -2.28. The highest BCUT2D eigenvalue weighted by Crippen LogP contribution is 2.41. The van der Waals surface area contributed by atoms with Gasteiger partial charge in [-0.05, 0) is 73.6 Å². The second-order valence-electron chi connectivity index (χ2n) is 8.11. The van der Waals surface area contributed by atoms with Gasteiger partial charge in [0.2, 0.25) is 15.9 Å². The first-order valence-corrected chi connectivity index (χ1v) is 11.3. The number of nitrogens with zero attached hydrogens (tertiary/aromatic N) is 1. The topological polar surface area (TPSA) is 75.7 Å². The predicted octanol–water partition coefficient (Wildman–Crippen LogP) is 2.11. The number of carbonyl (C=O) groups is 1. The monoisotopic (exact) mass is 392 g/mol. The molecule has 4 rings (SSSR count). The summed E-state index contributed by atoms with van der Waals surface area (Å²) < 4.78 is 34.0. The van der Waals surface area contributed by atoms with E-state index in [0.29, 0.717) is 29.7 Å². The molecule has 3 aliphatic rings. The number of hydrogen-bond donors (Lipinski definition) is 1. The van der Waals surface area contributed by atoms with Gasteiger partial charge >= 0.3 is 0 Å². The molecule has 1 aromatic rings. The summed E-state index contributed by atoms with van der Waals surface area (Å²) in [4.78, 5) is 12.1. The van der Waals surface area contributed by atoms with Crippen molar-refractivity contribution in [2.45, 2.75) is 55.9 Å². The summed E-state index contributed by atoms with van der Waals surface area (Å²) in [6.45, 7) is 0.672. The van der Waals surface area contributed by atoms with Gasteiger partial charge in [-0.15, -0.1) is 0 Å². The van der Waals surface area contributed by atoms with Crippen molar-refractivity contribution in [3.05, 3.63) is 23.3 Å². The van der Waals surface area contributed by atoms with Crippen molar-refractivity contribution < 1.29 is 17.9 Å². The van der Waals surface area contributed by atoms with Gasteiger partial charge in [0.05, 0.1) is 12.0 Å². The van der Waals surface area contributed by atoms with E-state index in [-0.39, 0.29) is 11.9 Å². The number of amides is 1. The minimum atomic E-state index is -3.57. The number of sulfonamides is 1. The van der Waals surface area contributed by atoms with E-state index in [4.69, 9.17) is 4.74 Å².